The second kappa shape index (κ2) is 55.7. The van der Waals surface area contributed by atoms with Crippen LogP contribution in [0.1, 0.15) is 309 Å². The molecule has 0 rings (SSSR count). The van der Waals surface area contributed by atoms with Gasteiger partial charge in [0.2, 0.25) is 5.91 Å². The molecule has 0 radical (unpaired) electrons. The number of carbonyl (C=O) groups is 2. The van der Waals surface area contributed by atoms with Crippen molar-refractivity contribution in [3.63, 3.8) is 0 Å². The Morgan fingerprint density at radius 3 is 1.18 bits per heavy atom. The first-order valence-electron chi connectivity index (χ1n) is 29.3. The number of ether oxygens (including phenoxy) is 1. The summed E-state index contributed by atoms with van der Waals surface area (Å²) in [5.41, 5.74) is 0. The van der Waals surface area contributed by atoms with E-state index in [1.54, 1.807) is 6.08 Å². The van der Waals surface area contributed by atoms with Crippen molar-refractivity contribution in [2.45, 2.75) is 321 Å². The van der Waals surface area contributed by atoms with E-state index in [0.717, 1.165) is 70.6 Å². The fourth-order valence-electron chi connectivity index (χ4n) is 8.90. The van der Waals surface area contributed by atoms with Crippen molar-refractivity contribution < 1.29 is 24.5 Å². The maximum absolute atomic E-state index is 12.5. The van der Waals surface area contributed by atoms with Gasteiger partial charge in [-0.3, -0.25) is 9.59 Å². The molecule has 66 heavy (non-hydrogen) atoms. The van der Waals surface area contributed by atoms with Gasteiger partial charge in [0, 0.05) is 12.8 Å². The Morgan fingerprint density at radius 1 is 0.424 bits per heavy atom. The maximum atomic E-state index is 12.5. The Bertz CT molecular complexity index is 1070. The quantitative estimate of drug-likeness (QED) is 0.0321. The molecule has 0 fully saturated rings. The second-order valence-corrected chi connectivity index (χ2v) is 20.0. The number of aliphatic hydroxyl groups is 2. The predicted octanol–water partition coefficient (Wildman–Crippen LogP) is 18.0. The predicted molar refractivity (Wildman–Crippen MR) is 287 cm³/mol. The highest BCUT2D eigenvalue weighted by Crippen LogP contribution is 2.17. The number of hydrogen-bond acceptors (Lipinski definition) is 5. The third-order valence-corrected chi connectivity index (χ3v) is 13.4. The van der Waals surface area contributed by atoms with E-state index in [0.29, 0.717) is 19.4 Å². The van der Waals surface area contributed by atoms with Crippen molar-refractivity contribution in [1.82, 2.24) is 5.32 Å². The molecule has 0 heterocycles. The highest BCUT2D eigenvalue weighted by atomic mass is 16.5. The van der Waals surface area contributed by atoms with Gasteiger partial charge in [-0.2, -0.15) is 0 Å². The van der Waals surface area contributed by atoms with Gasteiger partial charge in [-0.05, 0) is 64.2 Å². The van der Waals surface area contributed by atoms with Gasteiger partial charge in [-0.1, -0.05) is 269 Å². The van der Waals surface area contributed by atoms with Gasteiger partial charge in [0.15, 0.2) is 0 Å². The fraction of sp³-hybridized carbons (Fsp3) is 0.867. The number of hydrogen-bond donors (Lipinski definition) is 3. The zero-order valence-electron chi connectivity index (χ0n) is 44.2. The summed E-state index contributed by atoms with van der Waals surface area (Å²) < 4.78 is 5.46. The average molecular weight is 929 g/mol. The number of allylic oxidation sites excluding steroid dienone is 5. The van der Waals surface area contributed by atoms with Crippen LogP contribution in [0.3, 0.4) is 0 Å². The molecule has 0 saturated carbocycles. The molecule has 2 atom stereocenters. The van der Waals surface area contributed by atoms with Crippen LogP contribution in [0, 0.1) is 0 Å². The Balaban J connectivity index is 3.50. The van der Waals surface area contributed by atoms with Crippen molar-refractivity contribution in [2.24, 2.45) is 0 Å². The van der Waals surface area contributed by atoms with Crippen LogP contribution in [0.4, 0.5) is 0 Å². The molecule has 0 aromatic rings. The highest BCUT2D eigenvalue weighted by molar-refractivity contribution is 5.76. The van der Waals surface area contributed by atoms with Crippen molar-refractivity contribution >= 4 is 11.9 Å². The lowest BCUT2D eigenvalue weighted by Crippen LogP contribution is -2.45. The third kappa shape index (κ3) is 51.5. The normalized spacial score (nSPS) is 12.8. The number of esters is 1. The SMILES string of the molecule is CCCCC/C=C\C/C=C\CCCCCCCC(=O)OCCCCCCCCCCCCCCC(=O)NC(CO)C(O)/C=C/CCCCCCCCCCCCCCCCCCCCCC. The average Bonchev–Trinajstić information content (AvgIpc) is 3.32. The van der Waals surface area contributed by atoms with Crippen LogP contribution in [0.2, 0.25) is 0 Å². The summed E-state index contributed by atoms with van der Waals surface area (Å²) in [5, 5.41) is 23.2. The zero-order chi connectivity index (χ0) is 47.9. The molecule has 0 spiro atoms. The molecule has 0 aliphatic carbocycles. The van der Waals surface area contributed by atoms with Crippen molar-refractivity contribution in [2.75, 3.05) is 13.2 Å². The zero-order valence-corrected chi connectivity index (χ0v) is 44.2. The topological polar surface area (TPSA) is 95.9 Å². The summed E-state index contributed by atoms with van der Waals surface area (Å²) in [5.74, 6) is -0.107. The monoisotopic (exact) mass is 928 g/mol. The van der Waals surface area contributed by atoms with Gasteiger partial charge in [0.1, 0.15) is 0 Å². The Morgan fingerprint density at radius 2 is 0.758 bits per heavy atom. The van der Waals surface area contributed by atoms with Gasteiger partial charge in [0.25, 0.3) is 0 Å². The summed E-state index contributed by atoms with van der Waals surface area (Å²) in [4.78, 5) is 24.5. The maximum Gasteiger partial charge on any atom is 0.305 e. The summed E-state index contributed by atoms with van der Waals surface area (Å²) in [6, 6.07) is -0.642. The summed E-state index contributed by atoms with van der Waals surface area (Å²) >= 11 is 0. The van der Waals surface area contributed by atoms with E-state index in [4.69, 9.17) is 4.74 Å². The van der Waals surface area contributed by atoms with E-state index in [-0.39, 0.29) is 18.5 Å². The lowest BCUT2D eigenvalue weighted by molar-refractivity contribution is -0.143. The van der Waals surface area contributed by atoms with Crippen molar-refractivity contribution in [3.8, 4) is 0 Å². The Hall–Kier alpha value is -1.92. The molecule has 1 amide bonds. The molecule has 0 aliphatic rings. The fourth-order valence-corrected chi connectivity index (χ4v) is 8.90. The smallest absolute Gasteiger partial charge is 0.305 e. The van der Waals surface area contributed by atoms with E-state index >= 15 is 0 Å². The second-order valence-electron chi connectivity index (χ2n) is 20.0. The van der Waals surface area contributed by atoms with Crippen LogP contribution in [-0.4, -0.2) is 47.4 Å². The molecule has 6 nitrogen and oxygen atoms in total. The molecule has 0 aliphatic heterocycles. The number of aliphatic hydroxyl groups excluding tert-OH is 2. The van der Waals surface area contributed by atoms with E-state index in [2.05, 4.69) is 43.5 Å². The van der Waals surface area contributed by atoms with Crippen LogP contribution in [-0.2, 0) is 14.3 Å². The van der Waals surface area contributed by atoms with Gasteiger partial charge >= 0.3 is 5.97 Å². The minimum Gasteiger partial charge on any atom is -0.466 e. The lowest BCUT2D eigenvalue weighted by atomic mass is 10.0. The number of carbonyl (C=O) groups excluding carboxylic acids is 2. The summed E-state index contributed by atoms with van der Waals surface area (Å²) in [7, 11) is 0. The Kier molecular flexibility index (Phi) is 54.1. The molecular formula is C60H113NO5. The first-order valence-corrected chi connectivity index (χ1v) is 29.3. The minimum atomic E-state index is -0.857. The third-order valence-electron chi connectivity index (χ3n) is 13.4. The molecular weight excluding hydrogens is 815 g/mol. The summed E-state index contributed by atoms with van der Waals surface area (Å²) in [6.45, 7) is 4.85. The van der Waals surface area contributed by atoms with Gasteiger partial charge in [-0.15, -0.1) is 0 Å². The van der Waals surface area contributed by atoms with E-state index < -0.39 is 12.1 Å². The molecule has 0 saturated heterocycles. The van der Waals surface area contributed by atoms with Crippen molar-refractivity contribution in [1.29, 1.82) is 0 Å². The summed E-state index contributed by atoms with van der Waals surface area (Å²) in [6.07, 6.45) is 68.7. The standard InChI is InChI=1S/C60H113NO5/c1-3-5-7-9-11-13-15-17-19-20-21-22-23-24-25-27-28-32-36-40-44-48-52-58(63)57(56-62)61-59(64)53-49-45-41-37-33-30-31-35-39-43-47-51-55-66-60(65)54-50-46-42-38-34-29-26-18-16-14-12-10-8-6-4-2/h12,14,18,26,48,52,57-58,62-63H,3-11,13,15-17,19-25,27-47,49-51,53-56H2,1-2H3,(H,61,64)/b14-12-,26-18-,52-48+. The van der Waals surface area contributed by atoms with Gasteiger partial charge < -0.3 is 20.3 Å². The van der Waals surface area contributed by atoms with Crippen LogP contribution < -0.4 is 5.32 Å². The number of rotatable bonds is 54. The van der Waals surface area contributed by atoms with E-state index in [1.165, 1.54) is 212 Å². The number of unbranched alkanes of at least 4 members (excludes halogenated alkanes) is 39. The van der Waals surface area contributed by atoms with Gasteiger partial charge in [-0.25, -0.2) is 0 Å². The molecule has 0 bridgehead atoms. The van der Waals surface area contributed by atoms with Crippen molar-refractivity contribution in [3.05, 3.63) is 36.5 Å². The largest absolute Gasteiger partial charge is 0.466 e. The molecule has 3 N–H and O–H groups in total. The highest BCUT2D eigenvalue weighted by Gasteiger charge is 2.18. The molecule has 6 heteroatoms. The first-order chi connectivity index (χ1) is 32.5. The minimum absolute atomic E-state index is 0.0245. The molecule has 0 aromatic carbocycles. The molecule has 388 valence electrons. The Labute approximate surface area is 411 Å². The first kappa shape index (κ1) is 64.1. The lowest BCUT2D eigenvalue weighted by Gasteiger charge is -2.20. The molecule has 2 unspecified atom stereocenters. The van der Waals surface area contributed by atoms with Crippen LogP contribution in [0.5, 0.6) is 0 Å². The van der Waals surface area contributed by atoms with E-state index in [9.17, 15) is 19.8 Å². The van der Waals surface area contributed by atoms with Crippen LogP contribution >= 0.6 is 0 Å². The number of nitrogens with one attached hydrogen (secondary N) is 1. The van der Waals surface area contributed by atoms with Crippen LogP contribution in [0.15, 0.2) is 36.5 Å². The number of amides is 1. The van der Waals surface area contributed by atoms with E-state index in [1.807, 2.05) is 6.08 Å². The molecule has 0 aromatic heterocycles. The van der Waals surface area contributed by atoms with Crippen LogP contribution in [0.25, 0.3) is 0 Å². The van der Waals surface area contributed by atoms with Gasteiger partial charge in [0.05, 0.1) is 25.4 Å².